The van der Waals surface area contributed by atoms with E-state index < -0.39 is 0 Å². The van der Waals surface area contributed by atoms with Crippen LogP contribution in [-0.4, -0.2) is 0 Å². The Balaban J connectivity index is 3.68. The van der Waals surface area contributed by atoms with Crippen LogP contribution in [0.4, 0.5) is 0 Å². The Bertz CT molecular complexity index is 303. The van der Waals surface area contributed by atoms with Crippen LogP contribution in [0.15, 0.2) is 12.2 Å². The molecule has 0 spiro atoms. The van der Waals surface area contributed by atoms with Gasteiger partial charge in [-0.05, 0) is 31.6 Å². The molecule has 0 amide bonds. The second-order valence-electron chi connectivity index (χ2n) is 9.22. The van der Waals surface area contributed by atoms with E-state index in [2.05, 4.69) is 34.3 Å². The highest BCUT2D eigenvalue weighted by Gasteiger charge is 2.17. The third-order valence-corrected chi connectivity index (χ3v) is 6.57. The molecule has 0 bridgehead atoms. The van der Waals surface area contributed by atoms with Crippen LogP contribution in [0.2, 0.25) is 0 Å². The summed E-state index contributed by atoms with van der Waals surface area (Å²) in [6.45, 7) is 13.3. The van der Waals surface area contributed by atoms with Crippen molar-refractivity contribution in [3.8, 4) is 0 Å². The Labute approximate surface area is 174 Å². The quantitative estimate of drug-likeness (QED) is 0.138. The summed E-state index contributed by atoms with van der Waals surface area (Å²) in [6, 6.07) is 0. The van der Waals surface area contributed by atoms with Crippen LogP contribution in [0, 0.1) is 11.8 Å². The summed E-state index contributed by atoms with van der Waals surface area (Å²) in [6.07, 6.45) is 27.2. The van der Waals surface area contributed by atoms with Crippen molar-refractivity contribution in [3.05, 3.63) is 12.2 Å². The lowest BCUT2D eigenvalue weighted by atomic mass is 9.81. The van der Waals surface area contributed by atoms with Crippen LogP contribution in [-0.2, 0) is 0 Å². The monoisotopic (exact) mass is 378 g/mol. The molecule has 0 saturated heterocycles. The summed E-state index contributed by atoms with van der Waals surface area (Å²) < 4.78 is 0. The maximum atomic E-state index is 4.00. The Hall–Kier alpha value is -0.260. The van der Waals surface area contributed by atoms with E-state index in [1.54, 1.807) is 0 Å². The van der Waals surface area contributed by atoms with Crippen molar-refractivity contribution in [1.82, 2.24) is 0 Å². The highest BCUT2D eigenvalue weighted by Crippen LogP contribution is 2.30. The molecule has 0 N–H and O–H groups in total. The van der Waals surface area contributed by atoms with Crippen molar-refractivity contribution in [2.75, 3.05) is 0 Å². The van der Waals surface area contributed by atoms with Gasteiger partial charge in [0, 0.05) is 0 Å². The van der Waals surface area contributed by atoms with E-state index in [1.807, 2.05) is 0 Å². The Morgan fingerprint density at radius 2 is 0.926 bits per heavy atom. The van der Waals surface area contributed by atoms with E-state index in [0.717, 1.165) is 11.8 Å². The Kier molecular flexibility index (Phi) is 20.3. The topological polar surface area (TPSA) is 0 Å². The van der Waals surface area contributed by atoms with E-state index in [9.17, 15) is 0 Å². The van der Waals surface area contributed by atoms with E-state index in [-0.39, 0.29) is 0 Å². The second kappa shape index (κ2) is 20.5. The molecule has 0 saturated carbocycles. The fraction of sp³-hybridized carbons (Fsp3) is 0.926. The van der Waals surface area contributed by atoms with Gasteiger partial charge >= 0.3 is 0 Å². The zero-order valence-corrected chi connectivity index (χ0v) is 19.8. The van der Waals surface area contributed by atoms with Crippen LogP contribution < -0.4 is 0 Å². The lowest BCUT2D eigenvalue weighted by Gasteiger charge is -2.25. The number of hydrogen-bond acceptors (Lipinski definition) is 0. The van der Waals surface area contributed by atoms with Crippen LogP contribution in [0.5, 0.6) is 0 Å². The van der Waals surface area contributed by atoms with Gasteiger partial charge in [-0.3, -0.25) is 0 Å². The molecule has 0 radical (unpaired) electrons. The van der Waals surface area contributed by atoms with Crippen molar-refractivity contribution >= 4 is 0 Å². The maximum absolute atomic E-state index is 4.00. The van der Waals surface area contributed by atoms with Crippen molar-refractivity contribution < 1.29 is 0 Å². The summed E-state index contributed by atoms with van der Waals surface area (Å²) in [5.74, 6) is 1.98. The Morgan fingerprint density at radius 3 is 1.30 bits per heavy atom. The summed E-state index contributed by atoms with van der Waals surface area (Å²) in [5, 5.41) is 0. The van der Waals surface area contributed by atoms with Gasteiger partial charge in [-0.1, -0.05) is 135 Å². The van der Waals surface area contributed by atoms with Gasteiger partial charge in [0.25, 0.3) is 0 Å². The average molecular weight is 379 g/mol. The van der Waals surface area contributed by atoms with E-state index in [0.29, 0.717) is 0 Å². The van der Waals surface area contributed by atoms with E-state index in [1.165, 1.54) is 128 Å². The highest BCUT2D eigenvalue weighted by atomic mass is 14.2. The molecule has 0 aliphatic rings. The minimum Gasteiger partial charge on any atom is -0.100 e. The average Bonchev–Trinajstić information content (AvgIpc) is 2.66. The van der Waals surface area contributed by atoms with Crippen molar-refractivity contribution in [2.45, 2.75) is 150 Å². The van der Waals surface area contributed by atoms with E-state index >= 15 is 0 Å². The normalized spacial score (nSPS) is 13.6. The van der Waals surface area contributed by atoms with Crippen molar-refractivity contribution in [2.24, 2.45) is 11.8 Å². The number of rotatable bonds is 21. The standard InChI is InChI=1S/C27H54/c1-6-9-10-11-13-17-20-23-26(7-2)27(8-3)24-21-18-15-12-14-16-19-22-25(4)5/h26-27H,4,6-24H2,1-3,5H3. The zero-order chi connectivity index (χ0) is 20.2. The predicted octanol–water partition coefficient (Wildman–Crippen LogP) is 10.3. The van der Waals surface area contributed by atoms with Crippen molar-refractivity contribution in [3.63, 3.8) is 0 Å². The molecule has 0 rings (SSSR count). The summed E-state index contributed by atoms with van der Waals surface area (Å²) >= 11 is 0. The highest BCUT2D eigenvalue weighted by molar-refractivity contribution is 4.86. The molecule has 0 heteroatoms. The van der Waals surface area contributed by atoms with Gasteiger partial charge in [-0.15, -0.1) is 6.58 Å². The lowest BCUT2D eigenvalue weighted by molar-refractivity contribution is 0.263. The molecule has 0 aromatic carbocycles. The number of hydrogen-bond donors (Lipinski definition) is 0. The third kappa shape index (κ3) is 17.6. The third-order valence-electron chi connectivity index (χ3n) is 6.57. The lowest BCUT2D eigenvalue weighted by Crippen LogP contribution is -2.13. The SMILES string of the molecule is C=C(C)CCCCCCCCCC(CC)C(CC)CCCCCCCCC. The summed E-state index contributed by atoms with van der Waals surface area (Å²) in [7, 11) is 0. The molecule has 0 aromatic heterocycles. The van der Waals surface area contributed by atoms with Crippen molar-refractivity contribution in [1.29, 1.82) is 0 Å². The van der Waals surface area contributed by atoms with Crippen LogP contribution in [0.25, 0.3) is 0 Å². The minimum absolute atomic E-state index is 0.991. The van der Waals surface area contributed by atoms with Gasteiger partial charge in [0.1, 0.15) is 0 Å². The Morgan fingerprint density at radius 1 is 0.556 bits per heavy atom. The molecule has 0 aliphatic heterocycles. The fourth-order valence-electron chi connectivity index (χ4n) is 4.63. The molecule has 2 unspecified atom stereocenters. The summed E-state index contributed by atoms with van der Waals surface area (Å²) in [5.41, 5.74) is 1.35. The molecule has 0 aliphatic carbocycles. The molecule has 0 heterocycles. The molecule has 0 aromatic rings. The summed E-state index contributed by atoms with van der Waals surface area (Å²) in [4.78, 5) is 0. The second-order valence-corrected chi connectivity index (χ2v) is 9.22. The first-order valence-electron chi connectivity index (χ1n) is 12.8. The predicted molar refractivity (Wildman–Crippen MR) is 127 cm³/mol. The molecule has 27 heavy (non-hydrogen) atoms. The molecule has 0 fully saturated rings. The first-order chi connectivity index (χ1) is 13.2. The first kappa shape index (κ1) is 26.7. The fourth-order valence-corrected chi connectivity index (χ4v) is 4.63. The van der Waals surface area contributed by atoms with Gasteiger partial charge < -0.3 is 0 Å². The number of unbranched alkanes of at least 4 members (excludes halogenated alkanes) is 12. The maximum Gasteiger partial charge on any atom is -0.0326 e. The van der Waals surface area contributed by atoms with Gasteiger partial charge in [0.05, 0.1) is 0 Å². The van der Waals surface area contributed by atoms with Gasteiger partial charge in [0.15, 0.2) is 0 Å². The van der Waals surface area contributed by atoms with Crippen LogP contribution in [0.3, 0.4) is 0 Å². The molecule has 0 nitrogen and oxygen atoms in total. The molecular formula is C27H54. The van der Waals surface area contributed by atoms with E-state index in [4.69, 9.17) is 0 Å². The smallest absolute Gasteiger partial charge is 0.0326 e. The molecule has 2 atom stereocenters. The zero-order valence-electron chi connectivity index (χ0n) is 19.8. The first-order valence-corrected chi connectivity index (χ1v) is 12.8. The van der Waals surface area contributed by atoms with Gasteiger partial charge in [-0.2, -0.15) is 0 Å². The number of allylic oxidation sites excluding steroid dienone is 1. The van der Waals surface area contributed by atoms with Crippen LogP contribution in [0.1, 0.15) is 150 Å². The van der Waals surface area contributed by atoms with Gasteiger partial charge in [-0.25, -0.2) is 0 Å². The molecular weight excluding hydrogens is 324 g/mol. The minimum atomic E-state index is 0.991. The van der Waals surface area contributed by atoms with Crippen LogP contribution >= 0.6 is 0 Å². The largest absolute Gasteiger partial charge is 0.100 e. The molecule has 162 valence electrons. The van der Waals surface area contributed by atoms with Gasteiger partial charge in [0.2, 0.25) is 0 Å².